The van der Waals surface area contributed by atoms with Gasteiger partial charge in [0.05, 0.1) is 6.61 Å². The molecule has 0 fully saturated rings. The molecule has 3 heteroatoms. The zero-order valence-corrected chi connectivity index (χ0v) is 8.09. The number of hydrogen-bond donors (Lipinski definition) is 2. The molecule has 0 heterocycles. The topological polar surface area (TPSA) is 52.8 Å². The Morgan fingerprint density at radius 2 is 1.80 bits per heavy atom. The first-order chi connectivity index (χ1) is 7.36. The van der Waals surface area contributed by atoms with Gasteiger partial charge in [0.25, 0.3) is 0 Å². The number of nitrogens with zero attached hydrogens (tertiary/aromatic N) is 1. The summed E-state index contributed by atoms with van der Waals surface area (Å²) in [5.74, 6) is 0. The molecule has 0 radical (unpaired) electrons. The maximum atomic E-state index is 9.05. The number of aliphatic hydroxyl groups is 1. The van der Waals surface area contributed by atoms with Gasteiger partial charge in [-0.2, -0.15) is 0 Å². The Balaban J connectivity index is 2.71. The summed E-state index contributed by atoms with van der Waals surface area (Å²) in [5, 5.41) is 22.9. The minimum Gasteiger partial charge on any atom is -0.411 e. The molecule has 0 aliphatic heterocycles. The van der Waals surface area contributed by atoms with E-state index in [1.165, 1.54) is 0 Å². The van der Waals surface area contributed by atoms with Crippen LogP contribution in [0, 0.1) is 0 Å². The monoisotopic (exact) mass is 201 g/mol. The van der Waals surface area contributed by atoms with Gasteiger partial charge in [-0.1, -0.05) is 47.6 Å². The second-order valence-corrected chi connectivity index (χ2v) is 3.23. The molecule has 0 atom stereocenters. The summed E-state index contributed by atoms with van der Waals surface area (Å²) < 4.78 is 0. The summed E-state index contributed by atoms with van der Waals surface area (Å²) >= 11 is 0. The molecule has 0 aromatic heterocycles. The molecule has 2 aromatic rings. The lowest BCUT2D eigenvalue weighted by Gasteiger charge is -2.05. The zero-order chi connectivity index (χ0) is 10.7. The Kier molecular flexibility index (Phi) is 2.65. The number of benzene rings is 2. The van der Waals surface area contributed by atoms with Gasteiger partial charge >= 0.3 is 0 Å². The van der Waals surface area contributed by atoms with Gasteiger partial charge in [-0.3, -0.25) is 0 Å². The van der Waals surface area contributed by atoms with Gasteiger partial charge in [-0.25, -0.2) is 0 Å². The van der Waals surface area contributed by atoms with E-state index < -0.39 is 0 Å². The molecule has 15 heavy (non-hydrogen) atoms. The molecule has 0 spiro atoms. The highest BCUT2D eigenvalue weighted by Gasteiger charge is 2.06. The van der Waals surface area contributed by atoms with Crippen LogP contribution in [-0.4, -0.2) is 22.6 Å². The van der Waals surface area contributed by atoms with E-state index in [1.54, 1.807) is 0 Å². The van der Waals surface area contributed by atoms with Crippen molar-refractivity contribution in [2.45, 2.75) is 0 Å². The van der Waals surface area contributed by atoms with Crippen LogP contribution < -0.4 is 0 Å². The maximum absolute atomic E-state index is 9.05. The van der Waals surface area contributed by atoms with Crippen molar-refractivity contribution >= 4 is 16.5 Å². The normalized spacial score (nSPS) is 11.9. The molecular weight excluding hydrogens is 190 g/mol. The molecule has 0 saturated heterocycles. The van der Waals surface area contributed by atoms with Crippen molar-refractivity contribution < 1.29 is 10.3 Å². The number of hydrogen-bond acceptors (Lipinski definition) is 3. The van der Waals surface area contributed by atoms with Crippen LogP contribution in [0.25, 0.3) is 10.8 Å². The van der Waals surface area contributed by atoms with E-state index >= 15 is 0 Å². The molecular formula is C12H11NO2. The first-order valence-electron chi connectivity index (χ1n) is 4.66. The molecule has 0 amide bonds. The van der Waals surface area contributed by atoms with Crippen LogP contribution >= 0.6 is 0 Å². The molecule has 76 valence electrons. The highest BCUT2D eigenvalue weighted by atomic mass is 16.4. The van der Waals surface area contributed by atoms with E-state index in [1.807, 2.05) is 42.5 Å². The summed E-state index contributed by atoms with van der Waals surface area (Å²) in [6.45, 7) is -0.273. The molecule has 2 rings (SSSR count). The summed E-state index contributed by atoms with van der Waals surface area (Å²) in [6, 6.07) is 13.5. The molecule has 0 aliphatic carbocycles. The number of fused-ring (bicyclic) bond motifs is 1. The number of aliphatic hydroxyl groups excluding tert-OH is 1. The van der Waals surface area contributed by atoms with Crippen molar-refractivity contribution in [1.29, 1.82) is 0 Å². The van der Waals surface area contributed by atoms with Gasteiger partial charge in [0.1, 0.15) is 5.71 Å². The maximum Gasteiger partial charge on any atom is 0.113 e. The molecule has 0 unspecified atom stereocenters. The van der Waals surface area contributed by atoms with Gasteiger partial charge in [0.2, 0.25) is 0 Å². The van der Waals surface area contributed by atoms with E-state index in [0.717, 1.165) is 16.3 Å². The summed E-state index contributed by atoms with van der Waals surface area (Å²) in [4.78, 5) is 0. The SMILES string of the molecule is OC/C(=N/O)c1cccc2ccccc12. The second kappa shape index (κ2) is 4.11. The van der Waals surface area contributed by atoms with Crippen LogP contribution in [0.4, 0.5) is 0 Å². The quantitative estimate of drug-likeness (QED) is 0.443. The predicted molar refractivity (Wildman–Crippen MR) is 59.4 cm³/mol. The Labute approximate surface area is 87.3 Å². The van der Waals surface area contributed by atoms with Crippen LogP contribution in [-0.2, 0) is 0 Å². The first-order valence-corrected chi connectivity index (χ1v) is 4.66. The van der Waals surface area contributed by atoms with E-state index in [9.17, 15) is 0 Å². The van der Waals surface area contributed by atoms with E-state index in [-0.39, 0.29) is 12.3 Å². The Morgan fingerprint density at radius 3 is 2.53 bits per heavy atom. The average Bonchev–Trinajstić information content (AvgIpc) is 2.31. The Bertz CT molecular complexity index is 500. The number of rotatable bonds is 2. The molecule has 3 nitrogen and oxygen atoms in total. The van der Waals surface area contributed by atoms with Crippen molar-refractivity contribution in [3.05, 3.63) is 48.0 Å². The fraction of sp³-hybridized carbons (Fsp3) is 0.0833. The largest absolute Gasteiger partial charge is 0.411 e. The van der Waals surface area contributed by atoms with Gasteiger partial charge in [0, 0.05) is 5.56 Å². The summed E-state index contributed by atoms with van der Waals surface area (Å²) in [7, 11) is 0. The minimum atomic E-state index is -0.273. The van der Waals surface area contributed by atoms with Crippen LogP contribution in [0.5, 0.6) is 0 Å². The third-order valence-corrected chi connectivity index (χ3v) is 2.37. The lowest BCUT2D eigenvalue weighted by Crippen LogP contribution is -2.06. The zero-order valence-electron chi connectivity index (χ0n) is 8.09. The van der Waals surface area contributed by atoms with Gasteiger partial charge in [0.15, 0.2) is 0 Å². The molecule has 2 N–H and O–H groups in total. The Morgan fingerprint density at radius 1 is 1.07 bits per heavy atom. The van der Waals surface area contributed by atoms with E-state index in [2.05, 4.69) is 5.16 Å². The lowest BCUT2D eigenvalue weighted by molar-refractivity contribution is 0.304. The van der Waals surface area contributed by atoms with Crippen LogP contribution in [0.1, 0.15) is 5.56 Å². The summed E-state index contributed by atoms with van der Waals surface area (Å²) in [5.41, 5.74) is 1.05. The third kappa shape index (κ3) is 1.69. The lowest BCUT2D eigenvalue weighted by atomic mass is 10.0. The van der Waals surface area contributed by atoms with Crippen LogP contribution in [0.15, 0.2) is 47.6 Å². The first kappa shape index (κ1) is 9.68. The van der Waals surface area contributed by atoms with Gasteiger partial charge in [-0.05, 0) is 10.8 Å². The van der Waals surface area contributed by atoms with Crippen molar-refractivity contribution in [1.82, 2.24) is 0 Å². The summed E-state index contributed by atoms with van der Waals surface area (Å²) in [6.07, 6.45) is 0. The smallest absolute Gasteiger partial charge is 0.113 e. The number of oxime groups is 1. The third-order valence-electron chi connectivity index (χ3n) is 2.37. The van der Waals surface area contributed by atoms with E-state index in [0.29, 0.717) is 0 Å². The van der Waals surface area contributed by atoms with E-state index in [4.69, 9.17) is 10.3 Å². The molecule has 0 aliphatic rings. The second-order valence-electron chi connectivity index (χ2n) is 3.23. The highest BCUT2D eigenvalue weighted by molar-refractivity contribution is 6.11. The fourth-order valence-electron chi connectivity index (χ4n) is 1.65. The fourth-order valence-corrected chi connectivity index (χ4v) is 1.65. The van der Waals surface area contributed by atoms with Crippen molar-refractivity contribution in [2.75, 3.05) is 6.61 Å². The van der Waals surface area contributed by atoms with Crippen LogP contribution in [0.2, 0.25) is 0 Å². The molecule has 2 aromatic carbocycles. The van der Waals surface area contributed by atoms with Gasteiger partial charge in [-0.15, -0.1) is 0 Å². The molecule has 0 saturated carbocycles. The standard InChI is InChI=1S/C12H11NO2/c14-8-12(13-15)11-7-3-5-9-4-1-2-6-10(9)11/h1-7,14-15H,8H2/b13-12-. The Hall–Kier alpha value is -1.87. The average molecular weight is 201 g/mol. The predicted octanol–water partition coefficient (Wildman–Crippen LogP) is 2.01. The van der Waals surface area contributed by atoms with Gasteiger partial charge < -0.3 is 10.3 Å². The highest BCUT2D eigenvalue weighted by Crippen LogP contribution is 2.18. The van der Waals surface area contributed by atoms with Crippen LogP contribution in [0.3, 0.4) is 0 Å². The van der Waals surface area contributed by atoms with Crippen molar-refractivity contribution in [2.24, 2.45) is 5.16 Å². The molecule has 0 bridgehead atoms. The van der Waals surface area contributed by atoms with Crippen molar-refractivity contribution in [3.8, 4) is 0 Å². The minimum absolute atomic E-state index is 0.273. The van der Waals surface area contributed by atoms with Crippen molar-refractivity contribution in [3.63, 3.8) is 0 Å².